The Hall–Kier alpha value is -3.05. The highest BCUT2D eigenvalue weighted by molar-refractivity contribution is 5.95. The monoisotopic (exact) mass is 616 g/mol. The lowest BCUT2D eigenvalue weighted by Gasteiger charge is -2.34. The Bertz CT molecular complexity index is 1100. The molecular formula is C33H52N4O7. The minimum atomic E-state index is -0.236. The second-order valence-corrected chi connectivity index (χ2v) is 12.7. The first-order valence-corrected chi connectivity index (χ1v) is 16.2. The van der Waals surface area contributed by atoms with Crippen LogP contribution in [0.3, 0.4) is 0 Å². The van der Waals surface area contributed by atoms with E-state index in [4.69, 9.17) is 18.9 Å². The third-order valence-corrected chi connectivity index (χ3v) is 9.11. The molecule has 3 aliphatic rings. The summed E-state index contributed by atoms with van der Waals surface area (Å²) < 4.78 is 22.3. The molecule has 0 spiro atoms. The Kier molecular flexibility index (Phi) is 12.5. The second-order valence-electron chi connectivity index (χ2n) is 12.7. The molecule has 0 radical (unpaired) electrons. The summed E-state index contributed by atoms with van der Waals surface area (Å²) in [6.45, 7) is 11.4. The Morgan fingerprint density at radius 2 is 1.68 bits per heavy atom. The van der Waals surface area contributed by atoms with Gasteiger partial charge >= 0.3 is 6.09 Å². The molecule has 0 unspecified atom stereocenters. The molecule has 1 aromatic rings. The normalized spacial score (nSPS) is 20.5. The maximum Gasteiger partial charge on any atom is 0.410 e. The highest BCUT2D eigenvalue weighted by Gasteiger charge is 2.39. The van der Waals surface area contributed by atoms with Crippen molar-refractivity contribution < 1.29 is 33.3 Å². The van der Waals surface area contributed by atoms with Crippen LogP contribution >= 0.6 is 0 Å². The standard InChI is InChI=1S/C33H52N4O7/c1-23(2)36(32(39)26-7-10-30(42-5)31(17-26)43-16-6-15-41-4)20-27-18-34-19-28(27)21-37(29-8-9-29)33(40)44-22-25-11-13-35(14-12-25)24(3)38/h7,10,17,23,25,27-29,34H,6,8-9,11-16,18-22H2,1-5H3/t27-,28-/m0/s1. The van der Waals surface area contributed by atoms with Crippen molar-refractivity contribution in [3.05, 3.63) is 23.8 Å². The van der Waals surface area contributed by atoms with E-state index in [1.165, 1.54) is 0 Å². The van der Waals surface area contributed by atoms with Crippen molar-refractivity contribution in [2.45, 2.75) is 65.0 Å². The van der Waals surface area contributed by atoms with Crippen LogP contribution in [0.15, 0.2) is 18.2 Å². The lowest BCUT2D eigenvalue weighted by molar-refractivity contribution is -0.130. The molecule has 1 aromatic carbocycles. The smallest absolute Gasteiger partial charge is 0.410 e. The van der Waals surface area contributed by atoms with Crippen molar-refractivity contribution in [3.63, 3.8) is 0 Å². The van der Waals surface area contributed by atoms with Crippen LogP contribution in [0.1, 0.15) is 63.2 Å². The number of amides is 3. The zero-order chi connectivity index (χ0) is 31.6. The number of carbonyl (C=O) groups is 3. The number of carbonyl (C=O) groups excluding carboxylic acids is 3. The van der Waals surface area contributed by atoms with Crippen molar-refractivity contribution in [1.29, 1.82) is 0 Å². The zero-order valence-corrected chi connectivity index (χ0v) is 27.2. The van der Waals surface area contributed by atoms with Gasteiger partial charge in [-0.15, -0.1) is 0 Å². The lowest BCUT2D eigenvalue weighted by atomic mass is 9.94. The molecule has 4 rings (SSSR count). The van der Waals surface area contributed by atoms with Crippen LogP contribution in [0.5, 0.6) is 11.5 Å². The summed E-state index contributed by atoms with van der Waals surface area (Å²) in [5.41, 5.74) is 0.557. The van der Waals surface area contributed by atoms with E-state index in [1.807, 2.05) is 28.5 Å². The Morgan fingerprint density at radius 1 is 0.977 bits per heavy atom. The van der Waals surface area contributed by atoms with Crippen LogP contribution in [0, 0.1) is 17.8 Å². The minimum Gasteiger partial charge on any atom is -0.493 e. The number of piperidine rings is 1. The van der Waals surface area contributed by atoms with E-state index in [0.29, 0.717) is 50.0 Å². The fourth-order valence-electron chi connectivity index (χ4n) is 6.17. The van der Waals surface area contributed by atoms with Gasteiger partial charge in [0.2, 0.25) is 5.91 Å². The summed E-state index contributed by atoms with van der Waals surface area (Å²) >= 11 is 0. The Balaban J connectivity index is 1.35. The number of rotatable bonds is 15. The number of benzene rings is 1. The molecule has 0 aromatic heterocycles. The number of hydrogen-bond donors (Lipinski definition) is 1. The first kappa shape index (κ1) is 33.8. The summed E-state index contributed by atoms with van der Waals surface area (Å²) in [5.74, 6) is 1.89. The molecule has 0 bridgehead atoms. The van der Waals surface area contributed by atoms with Gasteiger partial charge < -0.3 is 39.0 Å². The van der Waals surface area contributed by atoms with Gasteiger partial charge in [-0.25, -0.2) is 4.79 Å². The quantitative estimate of drug-likeness (QED) is 0.298. The predicted octanol–water partition coefficient (Wildman–Crippen LogP) is 3.66. The molecule has 3 amide bonds. The van der Waals surface area contributed by atoms with Gasteiger partial charge in [-0.3, -0.25) is 9.59 Å². The van der Waals surface area contributed by atoms with Crippen LogP contribution in [0.2, 0.25) is 0 Å². The topological polar surface area (TPSA) is 110 Å². The molecule has 3 fully saturated rings. The molecule has 1 saturated carbocycles. The lowest BCUT2D eigenvalue weighted by Crippen LogP contribution is -2.45. The molecule has 2 aliphatic heterocycles. The third kappa shape index (κ3) is 9.23. The first-order valence-electron chi connectivity index (χ1n) is 16.2. The van der Waals surface area contributed by atoms with E-state index in [2.05, 4.69) is 5.32 Å². The van der Waals surface area contributed by atoms with E-state index in [9.17, 15) is 14.4 Å². The summed E-state index contributed by atoms with van der Waals surface area (Å²) in [5, 5.41) is 3.51. The van der Waals surface area contributed by atoms with Crippen molar-refractivity contribution >= 4 is 17.9 Å². The highest BCUT2D eigenvalue weighted by atomic mass is 16.6. The van der Waals surface area contributed by atoms with Crippen molar-refractivity contribution in [3.8, 4) is 11.5 Å². The van der Waals surface area contributed by atoms with E-state index in [-0.39, 0.29) is 47.7 Å². The molecule has 2 heterocycles. The van der Waals surface area contributed by atoms with Crippen molar-refractivity contribution in [1.82, 2.24) is 20.0 Å². The van der Waals surface area contributed by atoms with Gasteiger partial charge in [0.25, 0.3) is 5.91 Å². The number of ether oxygens (including phenoxy) is 4. The Morgan fingerprint density at radius 3 is 2.30 bits per heavy atom. The number of nitrogens with one attached hydrogen (secondary N) is 1. The molecule has 1 N–H and O–H groups in total. The van der Waals surface area contributed by atoms with Gasteiger partial charge in [0.1, 0.15) is 0 Å². The van der Waals surface area contributed by atoms with Crippen molar-refractivity contribution in [2.75, 3.05) is 73.3 Å². The van der Waals surface area contributed by atoms with E-state index < -0.39 is 0 Å². The van der Waals surface area contributed by atoms with Crippen LogP contribution in [0.25, 0.3) is 0 Å². The molecule has 246 valence electrons. The highest BCUT2D eigenvalue weighted by Crippen LogP contribution is 2.32. The number of hydrogen-bond acceptors (Lipinski definition) is 8. The maximum absolute atomic E-state index is 13.8. The van der Waals surface area contributed by atoms with Gasteiger partial charge in [-0.2, -0.15) is 0 Å². The Labute approximate surface area is 262 Å². The largest absolute Gasteiger partial charge is 0.493 e. The fraction of sp³-hybridized carbons (Fsp3) is 0.727. The van der Waals surface area contributed by atoms with Crippen LogP contribution in [-0.4, -0.2) is 118 Å². The number of nitrogens with zero attached hydrogens (tertiary/aromatic N) is 3. The molecule has 1 aliphatic carbocycles. The maximum atomic E-state index is 13.8. The number of likely N-dealkylation sites (tertiary alicyclic amines) is 1. The molecule has 11 nitrogen and oxygen atoms in total. The van der Waals surface area contributed by atoms with Crippen molar-refractivity contribution in [2.24, 2.45) is 17.8 Å². The molecule has 44 heavy (non-hydrogen) atoms. The predicted molar refractivity (Wildman–Crippen MR) is 167 cm³/mol. The van der Waals surface area contributed by atoms with Crippen LogP contribution < -0.4 is 14.8 Å². The first-order chi connectivity index (χ1) is 21.2. The average Bonchev–Trinajstić information content (AvgIpc) is 3.77. The SMILES string of the molecule is COCCCOc1cc(C(=O)N(C[C@@H]2CNC[C@H]2CN(C(=O)OCC2CCN(C(C)=O)CC2)C2CC2)C(C)C)ccc1OC. The fourth-order valence-corrected chi connectivity index (χ4v) is 6.17. The summed E-state index contributed by atoms with van der Waals surface area (Å²) in [6.07, 6.45) is 4.22. The second kappa shape index (κ2) is 16.3. The summed E-state index contributed by atoms with van der Waals surface area (Å²) in [4.78, 5) is 44.5. The minimum absolute atomic E-state index is 0.00385. The van der Waals surface area contributed by atoms with E-state index in [0.717, 1.165) is 58.3 Å². The van der Waals surface area contributed by atoms with Crippen LogP contribution in [0.4, 0.5) is 4.79 Å². The number of methoxy groups -OCH3 is 2. The van der Waals surface area contributed by atoms with Gasteiger partial charge in [0, 0.05) is 84.0 Å². The molecule has 2 saturated heterocycles. The molecule has 11 heteroatoms. The van der Waals surface area contributed by atoms with Gasteiger partial charge in [-0.05, 0) is 75.5 Å². The summed E-state index contributed by atoms with van der Waals surface area (Å²) in [6, 6.07) is 5.56. The molecular weight excluding hydrogens is 564 g/mol. The van der Waals surface area contributed by atoms with E-state index >= 15 is 0 Å². The average molecular weight is 617 g/mol. The van der Waals surface area contributed by atoms with E-state index in [1.54, 1.807) is 39.3 Å². The molecule has 2 atom stereocenters. The zero-order valence-electron chi connectivity index (χ0n) is 27.2. The van der Waals surface area contributed by atoms with Gasteiger partial charge in [0.15, 0.2) is 11.5 Å². The van der Waals surface area contributed by atoms with Gasteiger partial charge in [-0.1, -0.05) is 0 Å². The third-order valence-electron chi connectivity index (χ3n) is 9.11. The van der Waals surface area contributed by atoms with Crippen LogP contribution in [-0.2, 0) is 14.3 Å². The van der Waals surface area contributed by atoms with Gasteiger partial charge in [0.05, 0.1) is 20.3 Å². The summed E-state index contributed by atoms with van der Waals surface area (Å²) in [7, 11) is 3.25.